The number of carbonyl (C=O) groups excluding carboxylic acids is 1. The van der Waals surface area contributed by atoms with Gasteiger partial charge in [-0.3, -0.25) is 0 Å². The summed E-state index contributed by atoms with van der Waals surface area (Å²) in [5.41, 5.74) is 1.33. The number of urea groups is 1. The molecule has 3 atom stereocenters. The van der Waals surface area contributed by atoms with Crippen LogP contribution < -0.4 is 10.6 Å². The van der Waals surface area contributed by atoms with Crippen LogP contribution in [0.2, 0.25) is 0 Å². The van der Waals surface area contributed by atoms with Crippen molar-refractivity contribution in [1.82, 2.24) is 25.7 Å². The van der Waals surface area contributed by atoms with E-state index in [1.807, 2.05) is 13.0 Å². The van der Waals surface area contributed by atoms with Gasteiger partial charge in [-0.2, -0.15) is 4.98 Å². The molecule has 1 aliphatic rings. The number of rotatable bonds is 5. The lowest BCUT2D eigenvalue weighted by Gasteiger charge is -2.20. The Morgan fingerprint density at radius 3 is 2.80 bits per heavy atom. The normalized spacial score (nSPS) is 21.9. The Labute approximate surface area is 147 Å². The molecule has 1 aromatic carbocycles. The number of hydrogen-bond donors (Lipinski definition) is 2. The number of aryl methyl sites for hydroxylation is 1. The minimum absolute atomic E-state index is 0.212. The van der Waals surface area contributed by atoms with E-state index in [0.717, 1.165) is 13.1 Å². The lowest BCUT2D eigenvalue weighted by atomic mass is 9.89. The van der Waals surface area contributed by atoms with Crippen LogP contribution in [0, 0.1) is 12.8 Å². The number of hydrogen-bond acceptors (Lipinski definition) is 5. The van der Waals surface area contributed by atoms with Crippen LogP contribution >= 0.6 is 0 Å². The van der Waals surface area contributed by atoms with Crippen molar-refractivity contribution in [1.29, 1.82) is 0 Å². The number of likely N-dealkylation sites (N-methyl/N-ethyl adjacent to an activating group) is 1. The van der Waals surface area contributed by atoms with Crippen molar-refractivity contribution in [3.63, 3.8) is 0 Å². The molecule has 134 valence electrons. The van der Waals surface area contributed by atoms with Gasteiger partial charge in [0.25, 0.3) is 0 Å². The van der Waals surface area contributed by atoms with Crippen molar-refractivity contribution in [2.24, 2.45) is 5.92 Å². The quantitative estimate of drug-likeness (QED) is 0.868. The van der Waals surface area contributed by atoms with Crippen molar-refractivity contribution in [2.45, 2.75) is 25.8 Å². The Kier molecular flexibility index (Phi) is 5.33. The molecule has 0 saturated carbocycles. The first kappa shape index (κ1) is 17.4. The predicted molar refractivity (Wildman–Crippen MR) is 94.2 cm³/mol. The van der Waals surface area contributed by atoms with Crippen molar-refractivity contribution in [3.05, 3.63) is 47.6 Å². The van der Waals surface area contributed by atoms with Crippen LogP contribution in [0.25, 0.3) is 0 Å². The van der Waals surface area contributed by atoms with Gasteiger partial charge in [0.15, 0.2) is 5.82 Å². The summed E-state index contributed by atoms with van der Waals surface area (Å²) < 4.78 is 4.94. The smallest absolute Gasteiger partial charge is 0.315 e. The third-order valence-electron chi connectivity index (χ3n) is 4.65. The Morgan fingerprint density at radius 2 is 2.12 bits per heavy atom. The molecule has 2 amide bonds. The average Bonchev–Trinajstić information content (AvgIpc) is 3.19. The second-order valence-corrected chi connectivity index (χ2v) is 6.75. The Balaban J connectivity index is 1.54. The molecular formula is C18H25N5O2. The highest BCUT2D eigenvalue weighted by Gasteiger charge is 2.32. The zero-order valence-corrected chi connectivity index (χ0v) is 14.9. The fourth-order valence-corrected chi connectivity index (χ4v) is 3.40. The molecule has 0 spiro atoms. The largest absolute Gasteiger partial charge is 0.340 e. The van der Waals surface area contributed by atoms with Crippen LogP contribution in [0.3, 0.4) is 0 Å². The van der Waals surface area contributed by atoms with Gasteiger partial charge in [-0.25, -0.2) is 4.79 Å². The lowest BCUT2D eigenvalue weighted by molar-refractivity contribution is 0.234. The van der Waals surface area contributed by atoms with Crippen molar-refractivity contribution in [2.75, 3.05) is 26.7 Å². The van der Waals surface area contributed by atoms with E-state index >= 15 is 0 Å². The van der Waals surface area contributed by atoms with E-state index in [1.54, 1.807) is 6.92 Å². The molecule has 1 unspecified atom stereocenters. The summed E-state index contributed by atoms with van der Waals surface area (Å²) in [6.07, 6.45) is 0. The van der Waals surface area contributed by atoms with Gasteiger partial charge in [-0.1, -0.05) is 35.5 Å². The summed E-state index contributed by atoms with van der Waals surface area (Å²) in [6, 6.07) is 9.99. The summed E-state index contributed by atoms with van der Waals surface area (Å²) in [5.74, 6) is 1.80. The van der Waals surface area contributed by atoms with Crippen LogP contribution in [0.1, 0.15) is 36.2 Å². The summed E-state index contributed by atoms with van der Waals surface area (Å²) >= 11 is 0. The number of nitrogens with zero attached hydrogens (tertiary/aromatic N) is 3. The van der Waals surface area contributed by atoms with Gasteiger partial charge in [-0.15, -0.1) is 0 Å². The van der Waals surface area contributed by atoms with Crippen LogP contribution in [0.4, 0.5) is 4.79 Å². The van der Waals surface area contributed by atoms with E-state index in [4.69, 9.17) is 4.52 Å². The monoisotopic (exact) mass is 343 g/mol. The van der Waals surface area contributed by atoms with Gasteiger partial charge >= 0.3 is 6.03 Å². The SMILES string of the molecule is Cc1nc(C(C)NC(=O)NC[C@@H]2CN(C)C[C@H]2c2ccccc2)no1. The molecule has 1 aromatic heterocycles. The number of benzene rings is 1. The highest BCUT2D eigenvalue weighted by atomic mass is 16.5. The molecule has 1 saturated heterocycles. The van der Waals surface area contributed by atoms with Crippen LogP contribution in [0.15, 0.2) is 34.9 Å². The highest BCUT2D eigenvalue weighted by Crippen LogP contribution is 2.31. The summed E-state index contributed by atoms with van der Waals surface area (Å²) in [6.45, 7) is 6.17. The maximum Gasteiger partial charge on any atom is 0.315 e. The van der Waals surface area contributed by atoms with Gasteiger partial charge < -0.3 is 20.1 Å². The molecule has 1 aliphatic heterocycles. The lowest BCUT2D eigenvalue weighted by Crippen LogP contribution is -2.40. The van der Waals surface area contributed by atoms with E-state index in [2.05, 4.69) is 57.0 Å². The van der Waals surface area contributed by atoms with E-state index in [1.165, 1.54) is 5.56 Å². The Hall–Kier alpha value is -2.41. The molecule has 25 heavy (non-hydrogen) atoms. The molecule has 1 fully saturated rings. The molecule has 0 aliphatic carbocycles. The molecule has 2 N–H and O–H groups in total. The maximum absolute atomic E-state index is 12.2. The predicted octanol–water partition coefficient (Wildman–Crippen LogP) is 2.08. The summed E-state index contributed by atoms with van der Waals surface area (Å²) in [7, 11) is 2.12. The van der Waals surface area contributed by atoms with E-state index in [9.17, 15) is 4.79 Å². The standard InChI is InChI=1S/C18H25N5O2/c1-12(17-21-13(2)25-22-17)20-18(24)19-9-15-10-23(3)11-16(15)14-7-5-4-6-8-14/h4-8,12,15-16H,9-11H2,1-3H3,(H2,19,20,24)/t12?,15-,16+/m1/s1. The molecule has 7 heteroatoms. The first-order chi connectivity index (χ1) is 12.0. The summed E-state index contributed by atoms with van der Waals surface area (Å²) in [5, 5.41) is 9.67. The Morgan fingerprint density at radius 1 is 1.36 bits per heavy atom. The first-order valence-corrected chi connectivity index (χ1v) is 8.61. The number of amides is 2. The molecule has 3 rings (SSSR count). The van der Waals surface area contributed by atoms with Crippen LogP contribution in [0.5, 0.6) is 0 Å². The van der Waals surface area contributed by atoms with Crippen LogP contribution in [-0.2, 0) is 0 Å². The summed E-state index contributed by atoms with van der Waals surface area (Å²) in [4.78, 5) is 18.6. The number of aromatic nitrogens is 2. The van der Waals surface area contributed by atoms with Crippen molar-refractivity contribution >= 4 is 6.03 Å². The fraction of sp³-hybridized carbons (Fsp3) is 0.500. The van der Waals surface area contributed by atoms with Gasteiger partial charge in [0.1, 0.15) is 0 Å². The second kappa shape index (κ2) is 7.65. The topological polar surface area (TPSA) is 83.3 Å². The Bertz CT molecular complexity index is 703. The third-order valence-corrected chi connectivity index (χ3v) is 4.65. The van der Waals surface area contributed by atoms with Crippen molar-refractivity contribution in [3.8, 4) is 0 Å². The molecule has 0 bridgehead atoms. The van der Waals surface area contributed by atoms with Crippen LogP contribution in [-0.4, -0.2) is 47.8 Å². The minimum atomic E-state index is -0.298. The van der Waals surface area contributed by atoms with E-state index < -0.39 is 0 Å². The average molecular weight is 343 g/mol. The second-order valence-electron chi connectivity index (χ2n) is 6.75. The van der Waals surface area contributed by atoms with E-state index in [-0.39, 0.29) is 12.1 Å². The molecule has 0 radical (unpaired) electrons. The van der Waals surface area contributed by atoms with Gasteiger partial charge in [-0.05, 0) is 25.5 Å². The molecule has 2 aromatic rings. The van der Waals surface area contributed by atoms with Gasteiger partial charge in [0, 0.05) is 32.5 Å². The number of likely N-dealkylation sites (tertiary alicyclic amines) is 1. The zero-order valence-electron chi connectivity index (χ0n) is 14.9. The maximum atomic E-state index is 12.2. The molecular weight excluding hydrogens is 318 g/mol. The molecule has 2 heterocycles. The minimum Gasteiger partial charge on any atom is -0.340 e. The van der Waals surface area contributed by atoms with E-state index in [0.29, 0.717) is 30.1 Å². The number of nitrogens with one attached hydrogen (secondary N) is 2. The number of carbonyl (C=O) groups is 1. The first-order valence-electron chi connectivity index (χ1n) is 8.61. The van der Waals surface area contributed by atoms with Gasteiger partial charge in [0.05, 0.1) is 6.04 Å². The fourth-order valence-electron chi connectivity index (χ4n) is 3.40. The highest BCUT2D eigenvalue weighted by molar-refractivity contribution is 5.74. The van der Waals surface area contributed by atoms with Crippen molar-refractivity contribution < 1.29 is 9.32 Å². The molecule has 7 nitrogen and oxygen atoms in total. The third kappa shape index (κ3) is 4.36. The van der Waals surface area contributed by atoms with Gasteiger partial charge in [0.2, 0.25) is 5.89 Å². The zero-order chi connectivity index (χ0) is 17.8.